The fourth-order valence-electron chi connectivity index (χ4n) is 2.15. The van der Waals surface area contributed by atoms with E-state index in [-0.39, 0.29) is 6.42 Å². The van der Waals surface area contributed by atoms with Crippen LogP contribution in [0.25, 0.3) is 0 Å². The zero-order valence-electron chi connectivity index (χ0n) is 11.4. The van der Waals surface area contributed by atoms with Gasteiger partial charge in [-0.15, -0.1) is 0 Å². The van der Waals surface area contributed by atoms with E-state index in [0.717, 1.165) is 36.3 Å². The molecule has 1 saturated carbocycles. The van der Waals surface area contributed by atoms with E-state index in [4.69, 9.17) is 4.74 Å². The third-order valence-electron chi connectivity index (χ3n) is 3.51. The summed E-state index contributed by atoms with van der Waals surface area (Å²) >= 11 is 0. The van der Waals surface area contributed by atoms with Gasteiger partial charge in [-0.1, -0.05) is 18.2 Å². The summed E-state index contributed by atoms with van der Waals surface area (Å²) in [5, 5.41) is 10.2. The van der Waals surface area contributed by atoms with Gasteiger partial charge in [-0.25, -0.2) is 8.78 Å². The molecule has 0 spiro atoms. The predicted octanol–water partition coefficient (Wildman–Crippen LogP) is 3.78. The Morgan fingerprint density at radius 1 is 1.05 bits per heavy atom. The molecule has 1 aliphatic rings. The summed E-state index contributed by atoms with van der Waals surface area (Å²) in [4.78, 5) is 0. The van der Waals surface area contributed by atoms with Gasteiger partial charge in [-0.05, 0) is 48.2 Å². The molecule has 1 N–H and O–H groups in total. The first kappa shape index (κ1) is 14.0. The molecule has 0 aromatic heterocycles. The number of benzene rings is 2. The molecule has 1 aliphatic carbocycles. The second-order valence-corrected chi connectivity index (χ2v) is 5.35. The van der Waals surface area contributed by atoms with Crippen LogP contribution in [0.3, 0.4) is 0 Å². The average Bonchev–Trinajstić information content (AvgIpc) is 3.28. The molecular weight excluding hydrogens is 274 g/mol. The van der Waals surface area contributed by atoms with E-state index < -0.39 is 17.7 Å². The molecule has 0 amide bonds. The minimum Gasteiger partial charge on any atom is -0.490 e. The van der Waals surface area contributed by atoms with Gasteiger partial charge in [0.1, 0.15) is 5.75 Å². The van der Waals surface area contributed by atoms with Crippen LogP contribution in [0.4, 0.5) is 8.78 Å². The third kappa shape index (κ3) is 3.58. The molecule has 1 fully saturated rings. The second-order valence-electron chi connectivity index (χ2n) is 5.35. The first-order valence-electron chi connectivity index (χ1n) is 7.00. The Morgan fingerprint density at radius 3 is 2.38 bits per heavy atom. The Hall–Kier alpha value is -1.94. The van der Waals surface area contributed by atoms with Crippen LogP contribution in [-0.2, 0) is 6.42 Å². The largest absolute Gasteiger partial charge is 0.490 e. The molecule has 0 radical (unpaired) electrons. The van der Waals surface area contributed by atoms with E-state index in [9.17, 15) is 13.9 Å². The summed E-state index contributed by atoms with van der Waals surface area (Å²) in [6, 6.07) is 10.9. The van der Waals surface area contributed by atoms with Crippen molar-refractivity contribution in [1.82, 2.24) is 0 Å². The van der Waals surface area contributed by atoms with Crippen LogP contribution >= 0.6 is 0 Å². The van der Waals surface area contributed by atoms with Crippen LogP contribution in [0.1, 0.15) is 30.1 Å². The number of aliphatic hydroxyl groups is 1. The maximum atomic E-state index is 13.1. The van der Waals surface area contributed by atoms with Crippen molar-refractivity contribution >= 4 is 0 Å². The van der Waals surface area contributed by atoms with Gasteiger partial charge in [0.2, 0.25) is 0 Å². The summed E-state index contributed by atoms with van der Waals surface area (Å²) in [6.45, 7) is 0. The quantitative estimate of drug-likeness (QED) is 0.908. The number of halogens is 2. The smallest absolute Gasteiger partial charge is 0.159 e. The monoisotopic (exact) mass is 290 g/mol. The highest BCUT2D eigenvalue weighted by molar-refractivity contribution is 5.30. The standard InChI is InChI=1S/C17H16F2O2/c18-15-8-1-11(9-16(15)19)10-17(20)12-2-4-13(5-3-12)21-14-6-7-14/h1-5,8-9,14,17,20H,6-7,10H2. The minimum atomic E-state index is -0.895. The van der Waals surface area contributed by atoms with E-state index in [0.29, 0.717) is 11.7 Å². The molecule has 2 nitrogen and oxygen atoms in total. The molecule has 110 valence electrons. The normalized spacial score (nSPS) is 15.8. The van der Waals surface area contributed by atoms with Gasteiger partial charge in [0, 0.05) is 6.42 Å². The Bertz CT molecular complexity index is 621. The molecule has 2 aromatic carbocycles. The van der Waals surface area contributed by atoms with Crippen LogP contribution in [0.5, 0.6) is 5.75 Å². The van der Waals surface area contributed by atoms with Crippen molar-refractivity contribution in [2.45, 2.75) is 31.5 Å². The molecule has 2 aromatic rings. The Kier molecular flexibility index (Phi) is 3.88. The lowest BCUT2D eigenvalue weighted by atomic mass is 10.0. The van der Waals surface area contributed by atoms with Crippen LogP contribution in [0.15, 0.2) is 42.5 Å². The zero-order chi connectivity index (χ0) is 14.8. The average molecular weight is 290 g/mol. The molecule has 0 aliphatic heterocycles. The van der Waals surface area contributed by atoms with Gasteiger partial charge in [0.25, 0.3) is 0 Å². The first-order chi connectivity index (χ1) is 10.1. The maximum absolute atomic E-state index is 13.1. The molecule has 0 heterocycles. The van der Waals surface area contributed by atoms with Crippen molar-refractivity contribution in [1.29, 1.82) is 0 Å². The van der Waals surface area contributed by atoms with Crippen molar-refractivity contribution in [3.8, 4) is 5.75 Å². The second kappa shape index (κ2) is 5.82. The molecule has 1 atom stereocenters. The topological polar surface area (TPSA) is 29.5 Å². The minimum absolute atomic E-state index is 0.236. The third-order valence-corrected chi connectivity index (χ3v) is 3.51. The molecule has 0 saturated heterocycles. The fourth-order valence-corrected chi connectivity index (χ4v) is 2.15. The highest BCUT2D eigenvalue weighted by atomic mass is 19.2. The van der Waals surface area contributed by atoms with E-state index >= 15 is 0 Å². The van der Waals surface area contributed by atoms with Gasteiger partial charge >= 0.3 is 0 Å². The van der Waals surface area contributed by atoms with E-state index in [2.05, 4.69) is 0 Å². The number of aliphatic hydroxyl groups excluding tert-OH is 1. The lowest BCUT2D eigenvalue weighted by molar-refractivity contribution is 0.178. The summed E-state index contributed by atoms with van der Waals surface area (Å²) < 4.78 is 31.6. The van der Waals surface area contributed by atoms with Gasteiger partial charge in [0.15, 0.2) is 11.6 Å². The first-order valence-corrected chi connectivity index (χ1v) is 7.00. The van der Waals surface area contributed by atoms with E-state index in [1.807, 2.05) is 12.1 Å². The van der Waals surface area contributed by atoms with Gasteiger partial charge in [-0.3, -0.25) is 0 Å². The molecule has 1 unspecified atom stereocenters. The van der Waals surface area contributed by atoms with Gasteiger partial charge in [-0.2, -0.15) is 0 Å². The summed E-state index contributed by atoms with van der Waals surface area (Å²) in [5.74, 6) is -0.982. The van der Waals surface area contributed by atoms with Crippen LogP contribution in [-0.4, -0.2) is 11.2 Å². The molecular formula is C17H16F2O2. The van der Waals surface area contributed by atoms with Gasteiger partial charge in [0.05, 0.1) is 12.2 Å². The predicted molar refractivity (Wildman–Crippen MR) is 75.1 cm³/mol. The number of hydrogen-bond acceptors (Lipinski definition) is 2. The molecule has 4 heteroatoms. The highest BCUT2D eigenvalue weighted by Crippen LogP contribution is 2.28. The number of ether oxygens (including phenoxy) is 1. The highest BCUT2D eigenvalue weighted by Gasteiger charge is 2.23. The lowest BCUT2D eigenvalue weighted by Gasteiger charge is -2.12. The molecule has 3 rings (SSSR count). The van der Waals surface area contributed by atoms with E-state index in [1.165, 1.54) is 6.07 Å². The van der Waals surface area contributed by atoms with Crippen LogP contribution in [0.2, 0.25) is 0 Å². The van der Waals surface area contributed by atoms with E-state index in [1.54, 1.807) is 12.1 Å². The molecule has 21 heavy (non-hydrogen) atoms. The lowest BCUT2D eigenvalue weighted by Crippen LogP contribution is -2.03. The maximum Gasteiger partial charge on any atom is 0.159 e. The number of hydrogen-bond donors (Lipinski definition) is 1. The Labute approximate surface area is 122 Å². The fraction of sp³-hybridized carbons (Fsp3) is 0.294. The van der Waals surface area contributed by atoms with Crippen molar-refractivity contribution in [3.63, 3.8) is 0 Å². The SMILES string of the molecule is OC(Cc1ccc(F)c(F)c1)c1ccc(OC2CC2)cc1. The Balaban J connectivity index is 1.66. The number of rotatable bonds is 5. The summed E-state index contributed by atoms with van der Waals surface area (Å²) in [7, 11) is 0. The zero-order valence-corrected chi connectivity index (χ0v) is 11.4. The Morgan fingerprint density at radius 2 is 1.76 bits per heavy atom. The van der Waals surface area contributed by atoms with Crippen LogP contribution < -0.4 is 4.74 Å². The molecule has 0 bridgehead atoms. The van der Waals surface area contributed by atoms with Crippen LogP contribution in [0, 0.1) is 11.6 Å². The van der Waals surface area contributed by atoms with Crippen molar-refractivity contribution in [2.75, 3.05) is 0 Å². The van der Waals surface area contributed by atoms with Gasteiger partial charge < -0.3 is 9.84 Å². The van der Waals surface area contributed by atoms with Crippen molar-refractivity contribution in [2.24, 2.45) is 0 Å². The van der Waals surface area contributed by atoms with Crippen molar-refractivity contribution in [3.05, 3.63) is 65.2 Å². The summed E-state index contributed by atoms with van der Waals surface area (Å²) in [6.07, 6.45) is 2.01. The summed E-state index contributed by atoms with van der Waals surface area (Å²) in [5.41, 5.74) is 1.28. The van der Waals surface area contributed by atoms with Crippen molar-refractivity contribution < 1.29 is 18.6 Å².